The predicted octanol–water partition coefficient (Wildman–Crippen LogP) is 3.39. The van der Waals surface area contributed by atoms with E-state index in [1.165, 1.54) is 7.11 Å². The highest BCUT2D eigenvalue weighted by Crippen LogP contribution is 2.28. The summed E-state index contributed by atoms with van der Waals surface area (Å²) in [5, 5.41) is 2.02. The maximum absolute atomic E-state index is 11.7. The van der Waals surface area contributed by atoms with Crippen molar-refractivity contribution < 1.29 is 9.53 Å². The van der Waals surface area contributed by atoms with Gasteiger partial charge in [0.05, 0.1) is 18.4 Å². The minimum atomic E-state index is -0.342. The van der Waals surface area contributed by atoms with Crippen LogP contribution in [0.25, 0.3) is 22.0 Å². The molecule has 0 N–H and O–H groups in total. The SMILES string of the molecule is COC(=O)c1ccc2cccc(-c3ccnc(C)n3)c2c1. The van der Waals surface area contributed by atoms with Crippen LogP contribution in [0.4, 0.5) is 0 Å². The molecule has 0 unspecified atom stereocenters. The number of nitrogens with zero attached hydrogens (tertiary/aromatic N) is 2. The Balaban J connectivity index is 2.25. The molecule has 0 spiro atoms. The Hall–Kier alpha value is -2.75. The molecule has 21 heavy (non-hydrogen) atoms. The van der Waals surface area contributed by atoms with Crippen LogP contribution in [0.1, 0.15) is 16.2 Å². The van der Waals surface area contributed by atoms with Gasteiger partial charge in [0.2, 0.25) is 0 Å². The highest BCUT2D eigenvalue weighted by atomic mass is 16.5. The minimum absolute atomic E-state index is 0.342. The molecule has 4 heteroatoms. The van der Waals surface area contributed by atoms with Crippen molar-refractivity contribution >= 4 is 16.7 Å². The Labute approximate surface area is 122 Å². The third kappa shape index (κ3) is 2.48. The number of aromatic nitrogens is 2. The van der Waals surface area contributed by atoms with Crippen molar-refractivity contribution in [3.63, 3.8) is 0 Å². The number of ether oxygens (including phenoxy) is 1. The standard InChI is InChI=1S/C17H14N2O2/c1-11-18-9-8-16(19-11)14-5-3-4-12-6-7-13(10-15(12)14)17(20)21-2/h3-10H,1-2H3. The van der Waals surface area contributed by atoms with Gasteiger partial charge in [0.25, 0.3) is 0 Å². The van der Waals surface area contributed by atoms with Crippen molar-refractivity contribution in [1.29, 1.82) is 0 Å². The summed E-state index contributed by atoms with van der Waals surface area (Å²) in [6, 6.07) is 13.4. The maximum Gasteiger partial charge on any atom is 0.337 e. The number of hydrogen-bond donors (Lipinski definition) is 0. The summed E-state index contributed by atoms with van der Waals surface area (Å²) in [5.41, 5.74) is 2.35. The quantitative estimate of drug-likeness (QED) is 0.674. The Morgan fingerprint density at radius 1 is 1.14 bits per heavy atom. The van der Waals surface area contributed by atoms with Crippen molar-refractivity contribution in [3.8, 4) is 11.3 Å². The van der Waals surface area contributed by atoms with Crippen molar-refractivity contribution in [2.45, 2.75) is 6.92 Å². The van der Waals surface area contributed by atoms with Gasteiger partial charge in [-0.1, -0.05) is 24.3 Å². The first-order chi connectivity index (χ1) is 10.2. The first kappa shape index (κ1) is 13.2. The van der Waals surface area contributed by atoms with Crippen molar-refractivity contribution in [3.05, 3.63) is 60.0 Å². The molecule has 0 saturated carbocycles. The Kier molecular flexibility index (Phi) is 3.36. The molecule has 0 bridgehead atoms. The number of methoxy groups -OCH3 is 1. The molecule has 2 aromatic carbocycles. The van der Waals surface area contributed by atoms with Crippen molar-refractivity contribution in [1.82, 2.24) is 9.97 Å². The summed E-state index contributed by atoms with van der Waals surface area (Å²) in [6.07, 6.45) is 1.74. The van der Waals surface area contributed by atoms with Gasteiger partial charge in [0, 0.05) is 11.8 Å². The Bertz CT molecular complexity index is 828. The number of esters is 1. The van der Waals surface area contributed by atoms with Gasteiger partial charge in [-0.3, -0.25) is 0 Å². The van der Waals surface area contributed by atoms with E-state index >= 15 is 0 Å². The summed E-state index contributed by atoms with van der Waals surface area (Å²) in [5.74, 6) is 0.374. The van der Waals surface area contributed by atoms with Gasteiger partial charge in [0.15, 0.2) is 0 Å². The van der Waals surface area contributed by atoms with Crippen LogP contribution in [0.3, 0.4) is 0 Å². The number of hydrogen-bond acceptors (Lipinski definition) is 4. The van der Waals surface area contributed by atoms with Gasteiger partial charge < -0.3 is 4.74 Å². The Morgan fingerprint density at radius 3 is 2.76 bits per heavy atom. The smallest absolute Gasteiger partial charge is 0.337 e. The molecule has 0 aliphatic carbocycles. The summed E-state index contributed by atoms with van der Waals surface area (Å²) >= 11 is 0. The van der Waals surface area contributed by atoms with E-state index in [1.807, 2.05) is 43.3 Å². The lowest BCUT2D eigenvalue weighted by Crippen LogP contribution is -2.00. The third-order valence-electron chi connectivity index (χ3n) is 3.36. The second-order valence-electron chi connectivity index (χ2n) is 4.72. The number of fused-ring (bicyclic) bond motifs is 1. The van der Waals surface area contributed by atoms with Gasteiger partial charge in [-0.15, -0.1) is 0 Å². The van der Waals surface area contributed by atoms with Crippen molar-refractivity contribution in [2.24, 2.45) is 0 Å². The zero-order valence-electron chi connectivity index (χ0n) is 11.8. The van der Waals surface area contributed by atoms with E-state index in [0.29, 0.717) is 11.4 Å². The van der Waals surface area contributed by atoms with E-state index in [-0.39, 0.29) is 5.97 Å². The molecular weight excluding hydrogens is 264 g/mol. The van der Waals surface area contributed by atoms with Gasteiger partial charge >= 0.3 is 5.97 Å². The fourth-order valence-electron chi connectivity index (χ4n) is 2.35. The molecule has 0 atom stereocenters. The van der Waals surface area contributed by atoms with E-state index in [9.17, 15) is 4.79 Å². The van der Waals surface area contributed by atoms with Crippen LogP contribution in [-0.4, -0.2) is 23.0 Å². The number of carbonyl (C=O) groups excluding carboxylic acids is 1. The molecule has 1 heterocycles. The fraction of sp³-hybridized carbons (Fsp3) is 0.118. The average Bonchev–Trinajstić information content (AvgIpc) is 2.53. The molecule has 0 amide bonds. The molecule has 0 aliphatic rings. The summed E-state index contributed by atoms with van der Waals surface area (Å²) < 4.78 is 4.79. The molecule has 1 aromatic heterocycles. The predicted molar refractivity (Wildman–Crippen MR) is 81.1 cm³/mol. The highest BCUT2D eigenvalue weighted by molar-refractivity contribution is 6.01. The van der Waals surface area contributed by atoms with Crippen LogP contribution < -0.4 is 0 Å². The van der Waals surface area contributed by atoms with E-state index in [2.05, 4.69) is 9.97 Å². The van der Waals surface area contributed by atoms with Crippen LogP contribution in [0.5, 0.6) is 0 Å². The lowest BCUT2D eigenvalue weighted by Gasteiger charge is -2.08. The Morgan fingerprint density at radius 2 is 2.00 bits per heavy atom. The maximum atomic E-state index is 11.7. The highest BCUT2D eigenvalue weighted by Gasteiger charge is 2.10. The number of benzene rings is 2. The van der Waals surface area contributed by atoms with Crippen LogP contribution in [0, 0.1) is 6.92 Å². The lowest BCUT2D eigenvalue weighted by molar-refractivity contribution is 0.0601. The van der Waals surface area contributed by atoms with E-state index in [4.69, 9.17) is 4.74 Å². The topological polar surface area (TPSA) is 52.1 Å². The number of rotatable bonds is 2. The molecule has 0 saturated heterocycles. The first-order valence-electron chi connectivity index (χ1n) is 6.60. The van der Waals surface area contributed by atoms with Crippen LogP contribution in [-0.2, 0) is 4.74 Å². The van der Waals surface area contributed by atoms with E-state index < -0.39 is 0 Å². The average molecular weight is 278 g/mol. The van der Waals surface area contributed by atoms with Crippen LogP contribution in [0.15, 0.2) is 48.7 Å². The molecule has 0 radical (unpaired) electrons. The van der Waals surface area contributed by atoms with Crippen molar-refractivity contribution in [2.75, 3.05) is 7.11 Å². The molecule has 0 fully saturated rings. The molecule has 3 rings (SSSR count). The molecule has 0 aliphatic heterocycles. The second kappa shape index (κ2) is 5.32. The zero-order valence-corrected chi connectivity index (χ0v) is 11.8. The summed E-state index contributed by atoms with van der Waals surface area (Å²) in [7, 11) is 1.38. The minimum Gasteiger partial charge on any atom is -0.465 e. The van der Waals surface area contributed by atoms with Gasteiger partial charge in [-0.2, -0.15) is 0 Å². The van der Waals surface area contributed by atoms with E-state index in [0.717, 1.165) is 22.0 Å². The third-order valence-corrected chi connectivity index (χ3v) is 3.36. The molecule has 3 aromatic rings. The monoisotopic (exact) mass is 278 g/mol. The largest absolute Gasteiger partial charge is 0.465 e. The lowest BCUT2D eigenvalue weighted by atomic mass is 10.00. The summed E-state index contributed by atoms with van der Waals surface area (Å²) in [6.45, 7) is 1.86. The van der Waals surface area contributed by atoms with Crippen LogP contribution >= 0.6 is 0 Å². The number of carbonyl (C=O) groups is 1. The van der Waals surface area contributed by atoms with E-state index in [1.54, 1.807) is 12.3 Å². The van der Waals surface area contributed by atoms with Gasteiger partial charge in [-0.05, 0) is 35.9 Å². The van der Waals surface area contributed by atoms with Gasteiger partial charge in [-0.25, -0.2) is 14.8 Å². The molecule has 4 nitrogen and oxygen atoms in total. The molecule has 104 valence electrons. The first-order valence-corrected chi connectivity index (χ1v) is 6.60. The number of aryl methyl sites for hydroxylation is 1. The normalized spacial score (nSPS) is 10.6. The fourth-order valence-corrected chi connectivity index (χ4v) is 2.35. The molecular formula is C17H14N2O2. The second-order valence-corrected chi connectivity index (χ2v) is 4.72. The zero-order chi connectivity index (χ0) is 14.8. The van der Waals surface area contributed by atoms with Gasteiger partial charge in [0.1, 0.15) is 5.82 Å². The van der Waals surface area contributed by atoms with Crippen LogP contribution in [0.2, 0.25) is 0 Å². The summed E-state index contributed by atoms with van der Waals surface area (Å²) in [4.78, 5) is 20.3.